The van der Waals surface area contributed by atoms with Gasteiger partial charge in [0.1, 0.15) is 5.82 Å². The molecule has 0 saturated carbocycles. The van der Waals surface area contributed by atoms with E-state index in [1.807, 2.05) is 13.8 Å². The van der Waals surface area contributed by atoms with E-state index < -0.39 is 5.91 Å². The van der Waals surface area contributed by atoms with Crippen LogP contribution in [0.1, 0.15) is 24.2 Å². The lowest BCUT2D eigenvalue weighted by atomic mass is 10.1. The van der Waals surface area contributed by atoms with Crippen molar-refractivity contribution < 1.29 is 9.90 Å². The van der Waals surface area contributed by atoms with Gasteiger partial charge < -0.3 is 16.2 Å². The van der Waals surface area contributed by atoms with E-state index in [0.717, 1.165) is 0 Å². The molecule has 1 amide bonds. The van der Waals surface area contributed by atoms with Gasteiger partial charge >= 0.3 is 0 Å². The molecule has 0 fully saturated rings. The van der Waals surface area contributed by atoms with Crippen LogP contribution in [0.4, 0.5) is 5.82 Å². The third-order valence-corrected chi connectivity index (χ3v) is 2.38. The molecule has 0 saturated heterocycles. The number of rotatable bonds is 5. The minimum Gasteiger partial charge on any atom is -0.394 e. The molecule has 0 aromatic carbocycles. The molecule has 0 spiro atoms. The van der Waals surface area contributed by atoms with Crippen molar-refractivity contribution in [3.05, 3.63) is 23.9 Å². The normalized spacial score (nSPS) is 12.5. The first-order chi connectivity index (χ1) is 7.54. The molecule has 1 unspecified atom stereocenters. The first-order valence-corrected chi connectivity index (χ1v) is 5.18. The van der Waals surface area contributed by atoms with Gasteiger partial charge in [0.05, 0.1) is 18.2 Å². The molecule has 0 aliphatic carbocycles. The van der Waals surface area contributed by atoms with Gasteiger partial charge in [-0.05, 0) is 18.1 Å². The van der Waals surface area contributed by atoms with Crippen LogP contribution in [0.5, 0.6) is 0 Å². The van der Waals surface area contributed by atoms with Gasteiger partial charge in [0.2, 0.25) is 5.91 Å². The molecular formula is C11H17N3O2. The van der Waals surface area contributed by atoms with Crippen molar-refractivity contribution in [1.82, 2.24) is 4.98 Å². The Morgan fingerprint density at radius 3 is 2.62 bits per heavy atom. The lowest BCUT2D eigenvalue weighted by Gasteiger charge is -2.20. The monoisotopic (exact) mass is 223 g/mol. The SMILES string of the molecule is CC(C)C(CO)Nc1ccc(C(N)=O)cn1. The van der Waals surface area contributed by atoms with E-state index in [4.69, 9.17) is 10.8 Å². The lowest BCUT2D eigenvalue weighted by molar-refractivity contribution is 0.1000. The molecule has 16 heavy (non-hydrogen) atoms. The minimum absolute atomic E-state index is 0.0386. The summed E-state index contributed by atoms with van der Waals surface area (Å²) in [4.78, 5) is 14.9. The van der Waals surface area contributed by atoms with Crippen molar-refractivity contribution in [2.75, 3.05) is 11.9 Å². The average molecular weight is 223 g/mol. The molecule has 1 rings (SSSR count). The topological polar surface area (TPSA) is 88.2 Å². The number of nitrogens with zero attached hydrogens (tertiary/aromatic N) is 1. The van der Waals surface area contributed by atoms with Crippen LogP contribution in [0.25, 0.3) is 0 Å². The highest BCUT2D eigenvalue weighted by molar-refractivity contribution is 5.92. The highest BCUT2D eigenvalue weighted by Gasteiger charge is 2.12. The van der Waals surface area contributed by atoms with E-state index in [-0.39, 0.29) is 12.6 Å². The number of anilines is 1. The second kappa shape index (κ2) is 5.46. The number of nitrogens with two attached hydrogens (primary N) is 1. The van der Waals surface area contributed by atoms with E-state index in [9.17, 15) is 4.79 Å². The molecule has 1 atom stereocenters. The Kier molecular flexibility index (Phi) is 4.25. The van der Waals surface area contributed by atoms with Crippen molar-refractivity contribution in [1.29, 1.82) is 0 Å². The van der Waals surface area contributed by atoms with Gasteiger partial charge in [-0.3, -0.25) is 4.79 Å². The molecule has 1 heterocycles. The number of primary amides is 1. The van der Waals surface area contributed by atoms with Crippen LogP contribution in [0, 0.1) is 5.92 Å². The highest BCUT2D eigenvalue weighted by atomic mass is 16.3. The number of carbonyl (C=O) groups excluding carboxylic acids is 1. The van der Waals surface area contributed by atoms with Gasteiger partial charge in [0.25, 0.3) is 0 Å². The molecule has 0 aliphatic rings. The summed E-state index contributed by atoms with van der Waals surface area (Å²) in [6.45, 7) is 4.05. The van der Waals surface area contributed by atoms with Gasteiger partial charge in [-0.1, -0.05) is 13.8 Å². The Labute approximate surface area is 94.7 Å². The number of aromatic nitrogens is 1. The Hall–Kier alpha value is -1.62. The molecule has 5 nitrogen and oxygen atoms in total. The van der Waals surface area contributed by atoms with Gasteiger partial charge in [0.15, 0.2) is 0 Å². The summed E-state index contributed by atoms with van der Waals surface area (Å²) < 4.78 is 0. The Morgan fingerprint density at radius 1 is 1.56 bits per heavy atom. The van der Waals surface area contributed by atoms with Crippen LogP contribution in [0.3, 0.4) is 0 Å². The van der Waals surface area contributed by atoms with E-state index in [0.29, 0.717) is 17.3 Å². The zero-order valence-electron chi connectivity index (χ0n) is 9.47. The van der Waals surface area contributed by atoms with Crippen molar-refractivity contribution >= 4 is 11.7 Å². The van der Waals surface area contributed by atoms with Crippen molar-refractivity contribution in [2.24, 2.45) is 11.7 Å². The smallest absolute Gasteiger partial charge is 0.250 e. The second-order valence-electron chi connectivity index (χ2n) is 3.97. The molecule has 88 valence electrons. The first kappa shape index (κ1) is 12.4. The van der Waals surface area contributed by atoms with Gasteiger partial charge in [-0.25, -0.2) is 4.98 Å². The average Bonchev–Trinajstić information content (AvgIpc) is 2.26. The summed E-state index contributed by atoms with van der Waals surface area (Å²) in [5.74, 6) is 0.419. The Balaban J connectivity index is 2.71. The fourth-order valence-corrected chi connectivity index (χ4v) is 1.24. The summed E-state index contributed by atoms with van der Waals surface area (Å²) in [7, 11) is 0. The summed E-state index contributed by atoms with van der Waals surface area (Å²) >= 11 is 0. The maximum Gasteiger partial charge on any atom is 0.250 e. The molecular weight excluding hydrogens is 206 g/mol. The van der Waals surface area contributed by atoms with Crippen LogP contribution in [0.15, 0.2) is 18.3 Å². The number of pyridine rings is 1. The van der Waals surface area contributed by atoms with Crippen LogP contribution < -0.4 is 11.1 Å². The largest absolute Gasteiger partial charge is 0.394 e. The molecule has 4 N–H and O–H groups in total. The predicted octanol–water partition coefficient (Wildman–Crippen LogP) is 0.609. The van der Waals surface area contributed by atoms with Gasteiger partial charge in [-0.15, -0.1) is 0 Å². The second-order valence-corrected chi connectivity index (χ2v) is 3.97. The molecule has 1 aromatic rings. The minimum atomic E-state index is -0.499. The van der Waals surface area contributed by atoms with Crippen LogP contribution >= 0.6 is 0 Å². The number of aliphatic hydroxyl groups is 1. The van der Waals surface area contributed by atoms with E-state index >= 15 is 0 Å². The molecule has 5 heteroatoms. The third kappa shape index (κ3) is 3.20. The predicted molar refractivity (Wildman–Crippen MR) is 62.1 cm³/mol. The van der Waals surface area contributed by atoms with Crippen molar-refractivity contribution in [3.8, 4) is 0 Å². The highest BCUT2D eigenvalue weighted by Crippen LogP contribution is 2.10. The number of hydrogen-bond acceptors (Lipinski definition) is 4. The fourth-order valence-electron chi connectivity index (χ4n) is 1.24. The first-order valence-electron chi connectivity index (χ1n) is 5.18. The number of nitrogens with one attached hydrogen (secondary N) is 1. The van der Waals surface area contributed by atoms with Crippen molar-refractivity contribution in [3.63, 3.8) is 0 Å². The maximum absolute atomic E-state index is 10.8. The molecule has 0 radical (unpaired) electrons. The summed E-state index contributed by atoms with van der Waals surface area (Å²) in [6, 6.07) is 3.23. The van der Waals surface area contributed by atoms with E-state index in [2.05, 4.69) is 10.3 Å². The number of carbonyl (C=O) groups is 1. The van der Waals surface area contributed by atoms with Gasteiger partial charge in [0, 0.05) is 6.20 Å². The van der Waals surface area contributed by atoms with E-state index in [1.54, 1.807) is 12.1 Å². The van der Waals surface area contributed by atoms with Crippen LogP contribution in [0.2, 0.25) is 0 Å². The molecule has 0 aliphatic heterocycles. The van der Waals surface area contributed by atoms with Crippen LogP contribution in [-0.2, 0) is 0 Å². The number of amides is 1. The van der Waals surface area contributed by atoms with E-state index in [1.165, 1.54) is 6.20 Å². The maximum atomic E-state index is 10.8. The standard InChI is InChI=1S/C11H17N3O2/c1-7(2)9(6-15)14-10-4-3-8(5-13-10)11(12)16/h3-5,7,9,15H,6H2,1-2H3,(H2,12,16)(H,13,14). The molecule has 0 bridgehead atoms. The lowest BCUT2D eigenvalue weighted by Crippen LogP contribution is -2.29. The summed E-state index contributed by atoms with van der Waals surface area (Å²) in [5.41, 5.74) is 5.47. The number of hydrogen-bond donors (Lipinski definition) is 3. The van der Waals surface area contributed by atoms with Gasteiger partial charge in [-0.2, -0.15) is 0 Å². The number of aliphatic hydroxyl groups excluding tert-OH is 1. The van der Waals surface area contributed by atoms with Crippen LogP contribution in [-0.4, -0.2) is 28.6 Å². The Bertz CT molecular complexity index is 349. The summed E-state index contributed by atoms with van der Waals surface area (Å²) in [5, 5.41) is 12.2. The molecule has 1 aromatic heterocycles. The zero-order valence-corrected chi connectivity index (χ0v) is 9.47. The summed E-state index contributed by atoms with van der Waals surface area (Å²) in [6.07, 6.45) is 1.42. The Morgan fingerprint density at radius 2 is 2.25 bits per heavy atom. The quantitative estimate of drug-likeness (QED) is 0.682. The fraction of sp³-hybridized carbons (Fsp3) is 0.455. The van der Waals surface area contributed by atoms with Crippen molar-refractivity contribution in [2.45, 2.75) is 19.9 Å². The third-order valence-electron chi connectivity index (χ3n) is 2.38. The zero-order chi connectivity index (χ0) is 12.1.